The van der Waals surface area contributed by atoms with Crippen LogP contribution >= 0.6 is 0 Å². The molecule has 0 amide bonds. The second kappa shape index (κ2) is 5.53. The molecule has 1 aromatic rings. The van der Waals surface area contributed by atoms with Crippen LogP contribution in [-0.2, 0) is 4.79 Å². The molecule has 5 nitrogen and oxygen atoms in total. The molecule has 0 radical (unpaired) electrons. The van der Waals surface area contributed by atoms with E-state index in [-0.39, 0.29) is 12.2 Å². The molecule has 86 valence electrons. The van der Waals surface area contributed by atoms with Gasteiger partial charge in [0.25, 0.3) is 0 Å². The highest BCUT2D eigenvalue weighted by atomic mass is 16.4. The predicted molar refractivity (Wildman–Crippen MR) is 62.2 cm³/mol. The van der Waals surface area contributed by atoms with Gasteiger partial charge in [0.05, 0.1) is 5.56 Å². The number of aryl methyl sites for hydroxylation is 1. The Kier molecular flexibility index (Phi) is 4.08. The van der Waals surface area contributed by atoms with Crippen molar-refractivity contribution in [2.24, 2.45) is 0 Å². The fourth-order valence-electron chi connectivity index (χ4n) is 1.29. The van der Waals surface area contributed by atoms with Gasteiger partial charge in [-0.3, -0.25) is 0 Å². The van der Waals surface area contributed by atoms with Crippen LogP contribution in [0.1, 0.15) is 17.5 Å². The Bertz CT molecular complexity index is 511. The first kappa shape index (κ1) is 12.5. The fraction of sp³-hybridized carbons (Fsp3) is 0.250. The Labute approximate surface area is 99.1 Å². The van der Waals surface area contributed by atoms with Crippen LogP contribution < -0.4 is 5.32 Å². The van der Waals surface area contributed by atoms with E-state index in [0.717, 1.165) is 5.56 Å². The number of aliphatic carboxylic acids is 1. The zero-order chi connectivity index (χ0) is 12.8. The number of hydrogen-bond acceptors (Lipinski definition) is 4. The Morgan fingerprint density at radius 2 is 2.47 bits per heavy atom. The summed E-state index contributed by atoms with van der Waals surface area (Å²) in [5.74, 6) is 1.44. The summed E-state index contributed by atoms with van der Waals surface area (Å²) in [4.78, 5) is 14.9. The van der Waals surface area contributed by atoms with Crippen LogP contribution in [0.5, 0.6) is 0 Å². The average molecular weight is 229 g/mol. The topological polar surface area (TPSA) is 86.0 Å². The minimum Gasteiger partial charge on any atom is -0.480 e. The van der Waals surface area contributed by atoms with Crippen molar-refractivity contribution in [3.8, 4) is 18.4 Å². The lowest BCUT2D eigenvalue weighted by atomic mass is 10.1. The number of terminal acetylenes is 1. The van der Waals surface area contributed by atoms with E-state index < -0.39 is 12.0 Å². The number of pyridine rings is 1. The highest BCUT2D eigenvalue weighted by Crippen LogP contribution is 2.16. The summed E-state index contributed by atoms with van der Waals surface area (Å²) in [5, 5.41) is 20.6. The van der Waals surface area contributed by atoms with E-state index in [9.17, 15) is 4.79 Å². The molecule has 0 fully saturated rings. The van der Waals surface area contributed by atoms with Gasteiger partial charge in [-0.05, 0) is 18.6 Å². The van der Waals surface area contributed by atoms with Gasteiger partial charge in [0.15, 0.2) is 0 Å². The number of rotatable bonds is 4. The summed E-state index contributed by atoms with van der Waals surface area (Å²) in [6.45, 7) is 1.75. The zero-order valence-corrected chi connectivity index (χ0v) is 9.27. The summed E-state index contributed by atoms with van der Waals surface area (Å²) in [7, 11) is 0. The molecule has 1 heterocycles. The van der Waals surface area contributed by atoms with E-state index in [0.29, 0.717) is 5.56 Å². The summed E-state index contributed by atoms with van der Waals surface area (Å²) < 4.78 is 0. The van der Waals surface area contributed by atoms with Crippen molar-refractivity contribution >= 4 is 11.8 Å². The first-order chi connectivity index (χ1) is 8.10. The number of hydrogen-bond donors (Lipinski definition) is 2. The highest BCUT2D eigenvalue weighted by molar-refractivity contribution is 5.78. The first-order valence-electron chi connectivity index (χ1n) is 4.88. The average Bonchev–Trinajstić information content (AvgIpc) is 2.28. The van der Waals surface area contributed by atoms with Gasteiger partial charge in [-0.2, -0.15) is 5.26 Å². The largest absolute Gasteiger partial charge is 0.480 e. The minimum atomic E-state index is -1.07. The monoisotopic (exact) mass is 229 g/mol. The van der Waals surface area contributed by atoms with Crippen LogP contribution in [0.15, 0.2) is 12.3 Å². The van der Waals surface area contributed by atoms with Crippen LogP contribution in [0, 0.1) is 30.6 Å². The number of aromatic nitrogens is 1. The lowest BCUT2D eigenvalue weighted by molar-refractivity contribution is -0.137. The number of nitrogens with zero attached hydrogens (tertiary/aromatic N) is 2. The Morgan fingerprint density at radius 1 is 1.76 bits per heavy atom. The maximum Gasteiger partial charge on any atom is 0.327 e. The molecule has 5 heteroatoms. The van der Waals surface area contributed by atoms with E-state index in [1.54, 1.807) is 13.0 Å². The predicted octanol–water partition coefficient (Wildman–Crippen LogP) is 1.15. The van der Waals surface area contributed by atoms with Crippen LogP contribution in [0.25, 0.3) is 0 Å². The summed E-state index contributed by atoms with van der Waals surface area (Å²) in [6.07, 6.45) is 6.61. The van der Waals surface area contributed by atoms with Crippen molar-refractivity contribution in [1.29, 1.82) is 5.26 Å². The second-order valence-electron chi connectivity index (χ2n) is 3.41. The van der Waals surface area contributed by atoms with E-state index in [4.69, 9.17) is 16.8 Å². The molecule has 1 rings (SSSR count). The van der Waals surface area contributed by atoms with Gasteiger partial charge in [0, 0.05) is 12.6 Å². The molecule has 1 unspecified atom stereocenters. The van der Waals surface area contributed by atoms with Gasteiger partial charge < -0.3 is 10.4 Å². The van der Waals surface area contributed by atoms with Crippen LogP contribution in [-0.4, -0.2) is 22.1 Å². The van der Waals surface area contributed by atoms with Crippen LogP contribution in [0.4, 0.5) is 5.82 Å². The summed E-state index contributed by atoms with van der Waals surface area (Å²) >= 11 is 0. The molecule has 0 spiro atoms. The molecule has 0 aliphatic carbocycles. The standard InChI is InChI=1S/C12H11N3O2/c1-3-4-10(12(16)17)15-11-9(7-13)8(2)5-6-14-11/h1,5-6,10H,4H2,2H3,(H,14,15)(H,16,17). The molecule has 2 N–H and O–H groups in total. The van der Waals surface area contributed by atoms with Crippen molar-refractivity contribution < 1.29 is 9.90 Å². The summed E-state index contributed by atoms with van der Waals surface area (Å²) in [6, 6.07) is 2.72. The fourth-order valence-corrected chi connectivity index (χ4v) is 1.29. The van der Waals surface area contributed by atoms with Crippen molar-refractivity contribution in [2.75, 3.05) is 5.32 Å². The van der Waals surface area contributed by atoms with Gasteiger partial charge in [-0.15, -0.1) is 12.3 Å². The minimum absolute atomic E-state index is 0.0236. The van der Waals surface area contributed by atoms with Gasteiger partial charge >= 0.3 is 5.97 Å². The van der Waals surface area contributed by atoms with Crippen molar-refractivity contribution in [1.82, 2.24) is 4.98 Å². The van der Waals surface area contributed by atoms with Crippen molar-refractivity contribution in [3.05, 3.63) is 23.4 Å². The quantitative estimate of drug-likeness (QED) is 0.756. The van der Waals surface area contributed by atoms with Gasteiger partial charge in [-0.25, -0.2) is 9.78 Å². The molecular weight excluding hydrogens is 218 g/mol. The Balaban J connectivity index is 3.03. The van der Waals surface area contributed by atoms with Crippen LogP contribution in [0.3, 0.4) is 0 Å². The zero-order valence-electron chi connectivity index (χ0n) is 9.27. The second-order valence-corrected chi connectivity index (χ2v) is 3.41. The molecular formula is C12H11N3O2. The van der Waals surface area contributed by atoms with Crippen molar-refractivity contribution in [2.45, 2.75) is 19.4 Å². The lowest BCUT2D eigenvalue weighted by Gasteiger charge is -2.13. The smallest absolute Gasteiger partial charge is 0.327 e. The summed E-state index contributed by atoms with van der Waals surface area (Å²) in [5.41, 5.74) is 1.06. The van der Waals surface area contributed by atoms with E-state index in [2.05, 4.69) is 16.2 Å². The third-order valence-corrected chi connectivity index (χ3v) is 2.20. The molecule has 17 heavy (non-hydrogen) atoms. The van der Waals surface area contributed by atoms with Crippen molar-refractivity contribution in [3.63, 3.8) is 0 Å². The number of nitriles is 1. The molecule has 0 saturated heterocycles. The highest BCUT2D eigenvalue weighted by Gasteiger charge is 2.18. The normalized spacial score (nSPS) is 11.0. The molecule has 1 atom stereocenters. The maximum atomic E-state index is 10.9. The lowest BCUT2D eigenvalue weighted by Crippen LogP contribution is -2.29. The Hall–Kier alpha value is -2.53. The molecule has 1 aromatic heterocycles. The number of anilines is 1. The third kappa shape index (κ3) is 2.96. The maximum absolute atomic E-state index is 10.9. The van der Waals surface area contributed by atoms with Gasteiger partial charge in [0.2, 0.25) is 0 Å². The van der Waals surface area contributed by atoms with Crippen LogP contribution in [0.2, 0.25) is 0 Å². The number of nitrogens with one attached hydrogen (secondary N) is 1. The van der Waals surface area contributed by atoms with Gasteiger partial charge in [0.1, 0.15) is 17.9 Å². The molecule has 0 aliphatic rings. The Morgan fingerprint density at radius 3 is 3.00 bits per heavy atom. The molecule has 0 bridgehead atoms. The number of carboxylic acids is 1. The molecule has 0 aromatic carbocycles. The van der Waals surface area contributed by atoms with Gasteiger partial charge in [-0.1, -0.05) is 0 Å². The van der Waals surface area contributed by atoms with E-state index in [1.165, 1.54) is 6.20 Å². The third-order valence-electron chi connectivity index (χ3n) is 2.20. The SMILES string of the molecule is C#CCC(Nc1nccc(C)c1C#N)C(=O)O. The first-order valence-corrected chi connectivity index (χ1v) is 4.88. The molecule has 0 saturated carbocycles. The van der Waals surface area contributed by atoms with E-state index in [1.807, 2.05) is 6.07 Å². The van der Waals surface area contributed by atoms with E-state index >= 15 is 0 Å². The molecule has 0 aliphatic heterocycles. The number of carboxylic acid groups (broad SMARTS) is 1. The number of carbonyl (C=O) groups is 1.